The van der Waals surface area contributed by atoms with Crippen LogP contribution in [0, 0.1) is 11.8 Å². The zero-order valence-corrected chi connectivity index (χ0v) is 9.81. The van der Waals surface area contributed by atoms with Crippen LogP contribution in [-0.2, 0) is 4.79 Å². The van der Waals surface area contributed by atoms with Crippen molar-refractivity contribution < 1.29 is 9.90 Å². The van der Waals surface area contributed by atoms with Crippen LogP contribution in [-0.4, -0.2) is 41.1 Å². The molecule has 3 atom stereocenters. The molecule has 3 N–H and O–H groups in total. The second-order valence-electron chi connectivity index (χ2n) is 4.89. The highest BCUT2D eigenvalue weighted by atomic mass is 16.3. The van der Waals surface area contributed by atoms with Gasteiger partial charge >= 0.3 is 0 Å². The van der Waals surface area contributed by atoms with Gasteiger partial charge in [0.15, 0.2) is 0 Å². The molecule has 1 heterocycles. The lowest BCUT2D eigenvalue weighted by Crippen LogP contribution is -2.52. The largest absolute Gasteiger partial charge is 0.391 e. The molecule has 0 bridgehead atoms. The van der Waals surface area contributed by atoms with Crippen molar-refractivity contribution in [1.29, 1.82) is 0 Å². The zero-order chi connectivity index (χ0) is 11.6. The summed E-state index contributed by atoms with van der Waals surface area (Å²) in [6, 6.07) is -0.439. The molecule has 0 aliphatic carbocycles. The Bertz CT molecular complexity index is 231. The number of aliphatic hydroxyl groups is 1. The summed E-state index contributed by atoms with van der Waals surface area (Å²) in [7, 11) is 0. The smallest absolute Gasteiger partial charge is 0.239 e. The second-order valence-corrected chi connectivity index (χ2v) is 4.89. The molecule has 1 saturated heterocycles. The average Bonchev–Trinajstić information content (AvgIpc) is 2.19. The van der Waals surface area contributed by atoms with Crippen molar-refractivity contribution in [1.82, 2.24) is 4.90 Å². The van der Waals surface area contributed by atoms with E-state index in [0.29, 0.717) is 6.54 Å². The highest BCUT2D eigenvalue weighted by Gasteiger charge is 2.30. The number of nitrogens with zero attached hydrogens (tertiary/aromatic N) is 1. The van der Waals surface area contributed by atoms with Crippen LogP contribution in [0.25, 0.3) is 0 Å². The molecule has 1 fully saturated rings. The number of carbonyl (C=O) groups excluding carboxylic acids is 1. The summed E-state index contributed by atoms with van der Waals surface area (Å²) in [6.07, 6.45) is 0.458. The van der Waals surface area contributed by atoms with E-state index < -0.39 is 12.1 Å². The molecule has 4 heteroatoms. The van der Waals surface area contributed by atoms with Gasteiger partial charge in [0.1, 0.15) is 0 Å². The summed E-state index contributed by atoms with van der Waals surface area (Å²) in [5.41, 5.74) is 5.80. The lowest BCUT2D eigenvalue weighted by atomic mass is 9.94. The molecule has 0 radical (unpaired) electrons. The average molecular weight is 214 g/mol. The van der Waals surface area contributed by atoms with Gasteiger partial charge in [0.25, 0.3) is 0 Å². The first-order chi connectivity index (χ1) is 6.93. The van der Waals surface area contributed by atoms with Gasteiger partial charge in [-0.15, -0.1) is 0 Å². The second kappa shape index (κ2) is 4.94. The van der Waals surface area contributed by atoms with E-state index in [1.807, 2.05) is 20.8 Å². The van der Waals surface area contributed by atoms with E-state index in [0.717, 1.165) is 13.0 Å². The topological polar surface area (TPSA) is 66.6 Å². The zero-order valence-electron chi connectivity index (χ0n) is 9.81. The highest BCUT2D eigenvalue weighted by molar-refractivity contribution is 5.82. The van der Waals surface area contributed by atoms with Crippen molar-refractivity contribution >= 4 is 5.91 Å². The molecular weight excluding hydrogens is 192 g/mol. The first-order valence-corrected chi connectivity index (χ1v) is 5.66. The minimum absolute atomic E-state index is 0.0315. The SMILES string of the molecule is CC(C)C(N)C(=O)N1CCC(C)C(O)C1. The summed E-state index contributed by atoms with van der Waals surface area (Å²) in [6.45, 7) is 7.03. The lowest BCUT2D eigenvalue weighted by molar-refractivity contribution is -0.137. The quantitative estimate of drug-likeness (QED) is 0.690. The summed E-state index contributed by atoms with van der Waals surface area (Å²) >= 11 is 0. The van der Waals surface area contributed by atoms with Crippen molar-refractivity contribution in [3.05, 3.63) is 0 Å². The molecule has 3 unspecified atom stereocenters. The molecule has 0 aromatic carbocycles. The number of carbonyl (C=O) groups is 1. The Balaban J connectivity index is 2.54. The van der Waals surface area contributed by atoms with E-state index in [1.54, 1.807) is 4.90 Å². The van der Waals surface area contributed by atoms with Gasteiger partial charge in [0.05, 0.1) is 12.1 Å². The van der Waals surface area contributed by atoms with Crippen molar-refractivity contribution in [2.75, 3.05) is 13.1 Å². The monoisotopic (exact) mass is 214 g/mol. The van der Waals surface area contributed by atoms with Crippen molar-refractivity contribution in [2.45, 2.75) is 39.3 Å². The Morgan fingerprint density at radius 2 is 2.13 bits per heavy atom. The van der Waals surface area contributed by atoms with Gasteiger partial charge in [-0.25, -0.2) is 0 Å². The third kappa shape index (κ3) is 2.92. The number of likely N-dealkylation sites (tertiary alicyclic amines) is 1. The fourth-order valence-electron chi connectivity index (χ4n) is 1.75. The molecule has 0 aromatic rings. The number of rotatable bonds is 2. The van der Waals surface area contributed by atoms with E-state index in [2.05, 4.69) is 0 Å². The van der Waals surface area contributed by atoms with Crippen LogP contribution in [0.2, 0.25) is 0 Å². The van der Waals surface area contributed by atoms with Gasteiger partial charge in [-0.1, -0.05) is 20.8 Å². The Morgan fingerprint density at radius 3 is 2.60 bits per heavy atom. The fourth-order valence-corrected chi connectivity index (χ4v) is 1.75. The van der Waals surface area contributed by atoms with Gasteiger partial charge in [0.2, 0.25) is 5.91 Å². The molecule has 1 aliphatic heterocycles. The van der Waals surface area contributed by atoms with Gasteiger partial charge < -0.3 is 15.7 Å². The Kier molecular flexibility index (Phi) is 4.11. The van der Waals surface area contributed by atoms with Crippen LogP contribution in [0.15, 0.2) is 0 Å². The molecule has 1 rings (SSSR count). The summed E-state index contributed by atoms with van der Waals surface area (Å²) in [5, 5.41) is 9.68. The summed E-state index contributed by atoms with van der Waals surface area (Å²) in [4.78, 5) is 13.6. The minimum atomic E-state index is -0.439. The van der Waals surface area contributed by atoms with Crippen LogP contribution in [0.3, 0.4) is 0 Å². The molecule has 0 saturated carbocycles. The third-order valence-corrected chi connectivity index (χ3v) is 3.23. The van der Waals surface area contributed by atoms with Crippen molar-refractivity contribution in [3.63, 3.8) is 0 Å². The maximum atomic E-state index is 11.9. The Morgan fingerprint density at radius 1 is 1.53 bits per heavy atom. The molecule has 0 spiro atoms. The van der Waals surface area contributed by atoms with Crippen LogP contribution in [0.5, 0.6) is 0 Å². The standard InChI is InChI=1S/C11H22N2O2/c1-7(2)10(12)11(15)13-5-4-8(3)9(14)6-13/h7-10,14H,4-6,12H2,1-3H3. The van der Waals surface area contributed by atoms with E-state index in [1.165, 1.54) is 0 Å². The molecule has 1 aliphatic rings. The lowest BCUT2D eigenvalue weighted by Gasteiger charge is -2.36. The molecular formula is C11H22N2O2. The maximum absolute atomic E-state index is 11.9. The maximum Gasteiger partial charge on any atom is 0.239 e. The van der Waals surface area contributed by atoms with Gasteiger partial charge in [0, 0.05) is 13.1 Å². The van der Waals surface area contributed by atoms with E-state index in [-0.39, 0.29) is 17.7 Å². The number of β-amino-alcohol motifs (C(OH)–C–C–N with tert-alkyl or cyclic N) is 1. The van der Waals surface area contributed by atoms with Gasteiger partial charge in [-0.05, 0) is 18.3 Å². The third-order valence-electron chi connectivity index (χ3n) is 3.23. The van der Waals surface area contributed by atoms with Crippen molar-refractivity contribution in [2.24, 2.45) is 17.6 Å². The summed E-state index contributed by atoms with van der Waals surface area (Å²) < 4.78 is 0. The molecule has 4 nitrogen and oxygen atoms in total. The predicted molar refractivity (Wildman–Crippen MR) is 59.2 cm³/mol. The predicted octanol–water partition coefficient (Wildman–Crippen LogP) is 0.199. The number of nitrogens with two attached hydrogens (primary N) is 1. The number of piperidine rings is 1. The van der Waals surface area contributed by atoms with Crippen LogP contribution in [0.4, 0.5) is 0 Å². The number of aliphatic hydroxyl groups excluding tert-OH is 1. The van der Waals surface area contributed by atoms with E-state index in [9.17, 15) is 9.90 Å². The fraction of sp³-hybridized carbons (Fsp3) is 0.909. The van der Waals surface area contributed by atoms with Crippen LogP contribution in [0.1, 0.15) is 27.2 Å². The van der Waals surface area contributed by atoms with Crippen LogP contribution < -0.4 is 5.73 Å². The Hall–Kier alpha value is -0.610. The first kappa shape index (κ1) is 12.5. The molecule has 15 heavy (non-hydrogen) atoms. The van der Waals surface area contributed by atoms with Gasteiger partial charge in [-0.2, -0.15) is 0 Å². The highest BCUT2D eigenvalue weighted by Crippen LogP contribution is 2.18. The number of hydrogen-bond acceptors (Lipinski definition) is 3. The van der Waals surface area contributed by atoms with E-state index in [4.69, 9.17) is 5.73 Å². The molecule has 0 aromatic heterocycles. The first-order valence-electron chi connectivity index (χ1n) is 5.66. The van der Waals surface area contributed by atoms with Crippen molar-refractivity contribution in [3.8, 4) is 0 Å². The summed E-state index contributed by atoms with van der Waals surface area (Å²) in [5.74, 6) is 0.397. The number of hydrogen-bond donors (Lipinski definition) is 2. The Labute approximate surface area is 91.4 Å². The number of amides is 1. The normalized spacial score (nSPS) is 29.3. The molecule has 88 valence electrons. The van der Waals surface area contributed by atoms with Crippen LogP contribution >= 0.6 is 0 Å². The van der Waals surface area contributed by atoms with Gasteiger partial charge in [-0.3, -0.25) is 4.79 Å². The minimum Gasteiger partial charge on any atom is -0.391 e. The molecule has 1 amide bonds. The van der Waals surface area contributed by atoms with E-state index >= 15 is 0 Å².